The molecule has 0 aromatic carbocycles. The van der Waals surface area contributed by atoms with E-state index in [2.05, 4.69) is 5.32 Å². The van der Waals surface area contributed by atoms with Crippen LogP contribution in [0.2, 0.25) is 0 Å². The number of methoxy groups -OCH3 is 1. The fourth-order valence-corrected chi connectivity index (χ4v) is 2.13. The molecule has 4 nitrogen and oxygen atoms in total. The lowest BCUT2D eigenvalue weighted by Crippen LogP contribution is -2.41. The van der Waals surface area contributed by atoms with Gasteiger partial charge in [0.2, 0.25) is 0 Å². The van der Waals surface area contributed by atoms with Crippen molar-refractivity contribution >= 4 is 5.91 Å². The van der Waals surface area contributed by atoms with Crippen LogP contribution in [-0.4, -0.2) is 50.2 Å². The average Bonchev–Trinajstić information content (AvgIpc) is 2.82. The quantitative estimate of drug-likeness (QED) is 0.705. The van der Waals surface area contributed by atoms with E-state index >= 15 is 0 Å². The Bertz CT molecular complexity index is 268. The highest BCUT2D eigenvalue weighted by Crippen LogP contribution is 2.15. The lowest BCUT2D eigenvalue weighted by atomic mass is 10.1. The van der Waals surface area contributed by atoms with Gasteiger partial charge in [-0.15, -0.1) is 0 Å². The molecule has 0 bridgehead atoms. The molecule has 84 valence electrons. The Morgan fingerprint density at radius 3 is 2.80 bits per heavy atom. The number of ether oxygens (including phenoxy) is 1. The van der Waals surface area contributed by atoms with Gasteiger partial charge in [0.25, 0.3) is 5.91 Å². The maximum atomic E-state index is 12.0. The van der Waals surface area contributed by atoms with Crippen molar-refractivity contribution in [1.82, 2.24) is 10.2 Å². The number of hydrogen-bond donors (Lipinski definition) is 1. The van der Waals surface area contributed by atoms with Crippen molar-refractivity contribution < 1.29 is 9.53 Å². The van der Waals surface area contributed by atoms with E-state index in [9.17, 15) is 4.79 Å². The minimum atomic E-state index is 0.203. The summed E-state index contributed by atoms with van der Waals surface area (Å²) in [4.78, 5) is 13.9. The Kier molecular flexibility index (Phi) is 3.38. The van der Waals surface area contributed by atoms with E-state index in [1.54, 1.807) is 7.11 Å². The van der Waals surface area contributed by atoms with E-state index in [0.29, 0.717) is 6.10 Å². The number of nitrogens with one attached hydrogen (secondary N) is 1. The second-order valence-electron chi connectivity index (χ2n) is 4.09. The highest BCUT2D eigenvalue weighted by atomic mass is 16.5. The largest absolute Gasteiger partial charge is 0.381 e. The maximum Gasteiger partial charge on any atom is 0.250 e. The van der Waals surface area contributed by atoms with Crippen molar-refractivity contribution in [2.45, 2.75) is 18.9 Å². The molecule has 0 atom stereocenters. The molecular weight excluding hydrogens is 192 g/mol. The zero-order chi connectivity index (χ0) is 10.7. The zero-order valence-electron chi connectivity index (χ0n) is 9.16. The number of rotatable bonds is 2. The predicted molar refractivity (Wildman–Crippen MR) is 57.6 cm³/mol. The van der Waals surface area contributed by atoms with Crippen LogP contribution in [0.25, 0.3) is 0 Å². The first-order chi connectivity index (χ1) is 7.31. The van der Waals surface area contributed by atoms with Crippen LogP contribution in [0, 0.1) is 0 Å². The Morgan fingerprint density at radius 2 is 2.27 bits per heavy atom. The lowest BCUT2D eigenvalue weighted by Gasteiger charge is -2.31. The first-order valence-electron chi connectivity index (χ1n) is 5.53. The summed E-state index contributed by atoms with van der Waals surface area (Å²) >= 11 is 0. The summed E-state index contributed by atoms with van der Waals surface area (Å²) in [6, 6.07) is 0. The molecular formula is C11H18N2O2. The van der Waals surface area contributed by atoms with Gasteiger partial charge in [-0.1, -0.05) is 6.08 Å². The maximum absolute atomic E-state index is 12.0. The van der Waals surface area contributed by atoms with Gasteiger partial charge in [-0.25, -0.2) is 0 Å². The van der Waals surface area contributed by atoms with Gasteiger partial charge in [-0.2, -0.15) is 0 Å². The minimum absolute atomic E-state index is 0.203. The van der Waals surface area contributed by atoms with Crippen molar-refractivity contribution in [1.29, 1.82) is 0 Å². The highest BCUT2D eigenvalue weighted by Gasteiger charge is 2.25. The van der Waals surface area contributed by atoms with E-state index in [0.717, 1.165) is 44.6 Å². The predicted octanol–water partition coefficient (Wildman–Crippen LogP) is 0.153. The molecule has 15 heavy (non-hydrogen) atoms. The molecule has 0 aromatic heterocycles. The van der Waals surface area contributed by atoms with E-state index in [4.69, 9.17) is 4.74 Å². The van der Waals surface area contributed by atoms with Crippen LogP contribution in [0.3, 0.4) is 0 Å². The van der Waals surface area contributed by atoms with Crippen LogP contribution in [0.15, 0.2) is 11.6 Å². The van der Waals surface area contributed by atoms with Gasteiger partial charge < -0.3 is 15.0 Å². The van der Waals surface area contributed by atoms with Gasteiger partial charge in [0.05, 0.1) is 6.10 Å². The Labute approximate surface area is 90.3 Å². The molecule has 1 fully saturated rings. The van der Waals surface area contributed by atoms with Gasteiger partial charge in [0, 0.05) is 38.9 Å². The first-order valence-corrected chi connectivity index (χ1v) is 5.53. The number of carbonyl (C=O) groups excluding carboxylic acids is 1. The number of carbonyl (C=O) groups is 1. The van der Waals surface area contributed by atoms with Crippen molar-refractivity contribution in [2.24, 2.45) is 0 Å². The highest BCUT2D eigenvalue weighted by molar-refractivity contribution is 5.94. The summed E-state index contributed by atoms with van der Waals surface area (Å²) < 4.78 is 5.28. The Balaban J connectivity index is 1.87. The molecule has 2 rings (SSSR count). The SMILES string of the molecule is COC1CCN(C(=O)C2=CCNC2)CC1. The second kappa shape index (κ2) is 4.77. The Morgan fingerprint density at radius 1 is 1.53 bits per heavy atom. The lowest BCUT2D eigenvalue weighted by molar-refractivity contribution is -0.129. The van der Waals surface area contributed by atoms with Crippen LogP contribution >= 0.6 is 0 Å². The average molecular weight is 210 g/mol. The molecule has 1 N–H and O–H groups in total. The molecule has 0 unspecified atom stereocenters. The van der Waals surface area contributed by atoms with Gasteiger partial charge in [-0.05, 0) is 12.8 Å². The summed E-state index contributed by atoms with van der Waals surface area (Å²) in [5.74, 6) is 0.203. The third kappa shape index (κ3) is 2.38. The monoisotopic (exact) mass is 210 g/mol. The molecule has 2 heterocycles. The number of hydrogen-bond acceptors (Lipinski definition) is 3. The smallest absolute Gasteiger partial charge is 0.250 e. The van der Waals surface area contributed by atoms with Crippen LogP contribution in [-0.2, 0) is 9.53 Å². The fourth-order valence-electron chi connectivity index (χ4n) is 2.13. The molecule has 0 radical (unpaired) electrons. The number of nitrogens with zero attached hydrogens (tertiary/aromatic N) is 1. The van der Waals surface area contributed by atoms with E-state index in [1.165, 1.54) is 0 Å². The number of likely N-dealkylation sites (tertiary alicyclic amines) is 1. The molecule has 1 saturated heterocycles. The molecule has 2 aliphatic heterocycles. The van der Waals surface area contributed by atoms with Crippen LogP contribution in [0.4, 0.5) is 0 Å². The molecule has 0 saturated carbocycles. The van der Waals surface area contributed by atoms with E-state index < -0.39 is 0 Å². The van der Waals surface area contributed by atoms with Crippen molar-refractivity contribution in [3.63, 3.8) is 0 Å². The van der Waals surface area contributed by atoms with Crippen LogP contribution in [0.1, 0.15) is 12.8 Å². The van der Waals surface area contributed by atoms with Crippen molar-refractivity contribution in [3.05, 3.63) is 11.6 Å². The normalized spacial score (nSPS) is 23.0. The van der Waals surface area contributed by atoms with Crippen molar-refractivity contribution in [3.8, 4) is 0 Å². The van der Waals surface area contributed by atoms with Crippen LogP contribution in [0.5, 0.6) is 0 Å². The van der Waals surface area contributed by atoms with E-state index in [-0.39, 0.29) is 5.91 Å². The zero-order valence-corrected chi connectivity index (χ0v) is 9.16. The van der Waals surface area contributed by atoms with E-state index in [1.807, 2.05) is 11.0 Å². The second-order valence-corrected chi connectivity index (χ2v) is 4.09. The molecule has 0 aromatic rings. The fraction of sp³-hybridized carbons (Fsp3) is 0.727. The summed E-state index contributed by atoms with van der Waals surface area (Å²) in [5.41, 5.74) is 0.922. The molecule has 1 amide bonds. The number of amides is 1. The molecule has 4 heteroatoms. The van der Waals surface area contributed by atoms with Gasteiger partial charge >= 0.3 is 0 Å². The third-order valence-electron chi connectivity index (χ3n) is 3.15. The molecule has 2 aliphatic rings. The summed E-state index contributed by atoms with van der Waals surface area (Å²) in [6.07, 6.45) is 4.25. The third-order valence-corrected chi connectivity index (χ3v) is 3.15. The topological polar surface area (TPSA) is 41.6 Å². The minimum Gasteiger partial charge on any atom is -0.381 e. The summed E-state index contributed by atoms with van der Waals surface area (Å²) in [5, 5.41) is 3.15. The Hall–Kier alpha value is -0.870. The molecule has 0 aliphatic carbocycles. The van der Waals surface area contributed by atoms with Crippen LogP contribution < -0.4 is 5.32 Å². The van der Waals surface area contributed by atoms with Crippen molar-refractivity contribution in [2.75, 3.05) is 33.3 Å². The van der Waals surface area contributed by atoms with Gasteiger partial charge in [0.15, 0.2) is 0 Å². The molecule has 0 spiro atoms. The number of piperidine rings is 1. The standard InChI is InChI=1S/C11H18N2O2/c1-15-10-3-6-13(7-4-10)11(14)9-2-5-12-8-9/h2,10,12H,3-8H2,1H3. The first kappa shape index (κ1) is 10.6. The van der Waals surface area contributed by atoms with Gasteiger partial charge in [0.1, 0.15) is 0 Å². The summed E-state index contributed by atoms with van der Waals surface area (Å²) in [6.45, 7) is 3.21. The van der Waals surface area contributed by atoms with Gasteiger partial charge in [-0.3, -0.25) is 4.79 Å². The summed E-state index contributed by atoms with van der Waals surface area (Å²) in [7, 11) is 1.74.